The summed E-state index contributed by atoms with van der Waals surface area (Å²) in [4.78, 5) is 9.18. The predicted molar refractivity (Wildman–Crippen MR) is 82.8 cm³/mol. The molecule has 0 aromatic carbocycles. The van der Waals surface area contributed by atoms with Crippen LogP contribution < -0.4 is 10.6 Å². The fourth-order valence-corrected chi connectivity index (χ4v) is 3.31. The third kappa shape index (κ3) is 2.88. The third-order valence-corrected chi connectivity index (χ3v) is 4.93. The van der Waals surface area contributed by atoms with Gasteiger partial charge in [-0.3, -0.25) is 4.90 Å². The second-order valence-electron chi connectivity index (χ2n) is 5.49. The highest BCUT2D eigenvalue weighted by Crippen LogP contribution is 2.24. The number of aryl methyl sites for hydroxylation is 1. The molecule has 1 aromatic heterocycles. The van der Waals surface area contributed by atoms with Crippen molar-refractivity contribution >= 4 is 22.3 Å². The van der Waals surface area contributed by atoms with E-state index in [2.05, 4.69) is 32.2 Å². The van der Waals surface area contributed by atoms with Gasteiger partial charge in [0.15, 0.2) is 11.0 Å². The smallest absolute Gasteiger partial charge is 0.185 e. The van der Waals surface area contributed by atoms with Crippen molar-refractivity contribution in [2.45, 2.75) is 32.7 Å². The molecule has 2 heterocycles. The van der Waals surface area contributed by atoms with Crippen molar-refractivity contribution in [3.8, 4) is 0 Å². The Morgan fingerprint density at radius 2 is 2.10 bits per heavy atom. The molecule has 1 fully saturated rings. The van der Waals surface area contributed by atoms with E-state index in [1.807, 2.05) is 13.8 Å². The number of amidine groups is 1. The van der Waals surface area contributed by atoms with Gasteiger partial charge in [0.25, 0.3) is 0 Å². The third-order valence-electron chi connectivity index (χ3n) is 3.98. The Bertz CT molecular complexity index is 477. The minimum absolute atomic E-state index is 0.258. The Labute approximate surface area is 123 Å². The van der Waals surface area contributed by atoms with Crippen LogP contribution >= 0.6 is 11.3 Å². The van der Waals surface area contributed by atoms with Crippen molar-refractivity contribution in [1.82, 2.24) is 9.88 Å². The molecule has 0 bridgehead atoms. The zero-order valence-electron chi connectivity index (χ0n) is 12.3. The van der Waals surface area contributed by atoms with Gasteiger partial charge in [-0.15, -0.1) is 11.3 Å². The van der Waals surface area contributed by atoms with E-state index in [0.717, 1.165) is 43.4 Å². The van der Waals surface area contributed by atoms with Crippen molar-refractivity contribution in [3.05, 3.63) is 11.1 Å². The molecule has 112 valence electrons. The summed E-state index contributed by atoms with van der Waals surface area (Å²) in [6.07, 6.45) is 0.979. The van der Waals surface area contributed by atoms with Gasteiger partial charge in [-0.25, -0.2) is 4.98 Å². The normalized spacial score (nSPS) is 18.6. The molecule has 0 amide bonds. The van der Waals surface area contributed by atoms with Gasteiger partial charge in [0.05, 0.1) is 11.2 Å². The number of aromatic nitrogens is 1. The lowest BCUT2D eigenvalue weighted by molar-refractivity contribution is 0.161. The lowest BCUT2D eigenvalue weighted by atomic mass is 10.0. The summed E-state index contributed by atoms with van der Waals surface area (Å²) in [5.41, 5.74) is 6.52. The summed E-state index contributed by atoms with van der Waals surface area (Å²) >= 11 is 1.71. The predicted octanol–water partition coefficient (Wildman–Crippen LogP) is 1.35. The molecule has 3 N–H and O–H groups in total. The van der Waals surface area contributed by atoms with Crippen LogP contribution in [0.25, 0.3) is 0 Å². The summed E-state index contributed by atoms with van der Waals surface area (Å²) in [5, 5.41) is 15.3. The largest absolute Gasteiger partial charge is 0.409 e. The number of oxime groups is 1. The maximum atomic E-state index is 8.88. The Morgan fingerprint density at radius 1 is 1.45 bits per heavy atom. The van der Waals surface area contributed by atoms with Gasteiger partial charge in [0.2, 0.25) is 0 Å². The number of anilines is 1. The molecule has 0 atom stereocenters. The summed E-state index contributed by atoms with van der Waals surface area (Å²) in [6.45, 7) is 9.68. The SMILES string of the molecule is CCc1csc(N2CCN(C(C)(C)C(N)=NO)CC2)n1. The van der Waals surface area contributed by atoms with Crippen molar-refractivity contribution < 1.29 is 5.21 Å². The minimum Gasteiger partial charge on any atom is -0.409 e. The minimum atomic E-state index is -0.418. The monoisotopic (exact) mass is 297 g/mol. The van der Waals surface area contributed by atoms with Crippen LogP contribution in [0, 0.1) is 0 Å². The molecule has 0 aliphatic carbocycles. The molecule has 1 aliphatic rings. The van der Waals surface area contributed by atoms with Gasteiger partial charge in [-0.1, -0.05) is 12.1 Å². The van der Waals surface area contributed by atoms with E-state index >= 15 is 0 Å². The lowest BCUT2D eigenvalue weighted by Crippen LogP contribution is -2.59. The average Bonchev–Trinajstić information content (AvgIpc) is 2.95. The van der Waals surface area contributed by atoms with Crippen molar-refractivity contribution in [1.29, 1.82) is 0 Å². The van der Waals surface area contributed by atoms with Crippen LogP contribution in [-0.2, 0) is 6.42 Å². The van der Waals surface area contributed by atoms with E-state index in [-0.39, 0.29) is 5.84 Å². The van der Waals surface area contributed by atoms with Gasteiger partial charge >= 0.3 is 0 Å². The summed E-state index contributed by atoms with van der Waals surface area (Å²) in [7, 11) is 0. The number of nitrogens with zero attached hydrogens (tertiary/aromatic N) is 4. The highest BCUT2D eigenvalue weighted by molar-refractivity contribution is 7.13. The zero-order chi connectivity index (χ0) is 14.8. The number of hydrogen-bond donors (Lipinski definition) is 2. The van der Waals surface area contributed by atoms with Gasteiger partial charge in [-0.05, 0) is 20.3 Å². The molecule has 7 heteroatoms. The van der Waals surface area contributed by atoms with Crippen LogP contribution in [0.3, 0.4) is 0 Å². The Balaban J connectivity index is 1.98. The first kappa shape index (κ1) is 15.1. The first-order valence-electron chi connectivity index (χ1n) is 6.91. The van der Waals surface area contributed by atoms with E-state index < -0.39 is 5.54 Å². The molecule has 0 spiro atoms. The molecular weight excluding hydrogens is 274 g/mol. The second kappa shape index (κ2) is 5.97. The number of hydrogen-bond acceptors (Lipinski definition) is 6. The van der Waals surface area contributed by atoms with Crippen molar-refractivity contribution in [2.75, 3.05) is 31.1 Å². The second-order valence-corrected chi connectivity index (χ2v) is 6.33. The van der Waals surface area contributed by atoms with Crippen LogP contribution in [0.1, 0.15) is 26.5 Å². The van der Waals surface area contributed by atoms with Gasteiger partial charge < -0.3 is 15.8 Å². The molecule has 0 unspecified atom stereocenters. The standard InChI is InChI=1S/C13H23N5OS/c1-4-10-9-20-12(15-10)17-5-7-18(8-6-17)13(2,3)11(14)16-19/h9,19H,4-8H2,1-3H3,(H2,14,16). The fourth-order valence-electron chi connectivity index (χ4n) is 2.35. The lowest BCUT2D eigenvalue weighted by Gasteiger charge is -2.43. The number of piperazine rings is 1. The Morgan fingerprint density at radius 3 is 2.60 bits per heavy atom. The Hall–Kier alpha value is -1.34. The highest BCUT2D eigenvalue weighted by atomic mass is 32.1. The van der Waals surface area contributed by atoms with Gasteiger partial charge in [-0.2, -0.15) is 0 Å². The van der Waals surface area contributed by atoms with Gasteiger partial charge in [0.1, 0.15) is 0 Å². The van der Waals surface area contributed by atoms with E-state index in [0.29, 0.717) is 0 Å². The molecule has 20 heavy (non-hydrogen) atoms. The average molecular weight is 297 g/mol. The summed E-state index contributed by atoms with van der Waals surface area (Å²) < 4.78 is 0. The number of thiazole rings is 1. The number of rotatable bonds is 4. The first-order valence-corrected chi connectivity index (χ1v) is 7.79. The number of nitrogens with two attached hydrogens (primary N) is 1. The first-order chi connectivity index (χ1) is 9.48. The highest BCUT2D eigenvalue weighted by Gasteiger charge is 2.34. The van der Waals surface area contributed by atoms with E-state index in [1.165, 1.54) is 0 Å². The van der Waals surface area contributed by atoms with Crippen LogP contribution in [-0.4, -0.2) is 52.6 Å². The summed E-state index contributed by atoms with van der Waals surface area (Å²) in [5.74, 6) is 0.258. The molecule has 1 aliphatic heterocycles. The van der Waals surface area contributed by atoms with Crippen LogP contribution in [0.15, 0.2) is 10.5 Å². The fraction of sp³-hybridized carbons (Fsp3) is 0.692. The molecular formula is C13H23N5OS. The Kier molecular flexibility index (Phi) is 4.49. The van der Waals surface area contributed by atoms with E-state index in [9.17, 15) is 0 Å². The van der Waals surface area contributed by atoms with Gasteiger partial charge in [0, 0.05) is 31.6 Å². The molecule has 1 saturated heterocycles. The molecule has 2 rings (SSSR count). The van der Waals surface area contributed by atoms with Crippen LogP contribution in [0.2, 0.25) is 0 Å². The maximum Gasteiger partial charge on any atom is 0.185 e. The molecule has 0 radical (unpaired) electrons. The van der Waals surface area contributed by atoms with Crippen molar-refractivity contribution in [3.63, 3.8) is 0 Å². The quantitative estimate of drug-likeness (QED) is 0.380. The topological polar surface area (TPSA) is 78.0 Å². The summed E-state index contributed by atoms with van der Waals surface area (Å²) in [6, 6.07) is 0. The molecule has 1 aromatic rings. The van der Waals surface area contributed by atoms with Crippen LogP contribution in [0.4, 0.5) is 5.13 Å². The van der Waals surface area contributed by atoms with Crippen molar-refractivity contribution in [2.24, 2.45) is 10.9 Å². The van der Waals surface area contributed by atoms with Crippen LogP contribution in [0.5, 0.6) is 0 Å². The zero-order valence-corrected chi connectivity index (χ0v) is 13.2. The maximum absolute atomic E-state index is 8.88. The van der Waals surface area contributed by atoms with E-state index in [4.69, 9.17) is 10.9 Å². The molecule has 6 nitrogen and oxygen atoms in total. The van der Waals surface area contributed by atoms with E-state index in [1.54, 1.807) is 11.3 Å². The molecule has 0 saturated carbocycles.